The Morgan fingerprint density at radius 1 is 1.50 bits per heavy atom. The Labute approximate surface area is 111 Å². The van der Waals surface area contributed by atoms with Gasteiger partial charge in [-0.2, -0.15) is 0 Å². The molecule has 1 aliphatic heterocycles. The highest BCUT2D eigenvalue weighted by molar-refractivity contribution is 5.09. The number of hydrogen-bond donors (Lipinski definition) is 1. The maximum Gasteiger partial charge on any atom is 0.121 e. The van der Waals surface area contributed by atoms with E-state index in [-0.39, 0.29) is 5.54 Å². The molecule has 1 aliphatic rings. The molecule has 1 aromatic heterocycles. The number of hydrogen-bond acceptors (Lipinski definition) is 3. The van der Waals surface area contributed by atoms with Crippen molar-refractivity contribution in [2.45, 2.75) is 52.1 Å². The molecule has 2 atom stereocenters. The fourth-order valence-electron chi connectivity index (χ4n) is 2.68. The van der Waals surface area contributed by atoms with E-state index in [4.69, 9.17) is 4.42 Å². The van der Waals surface area contributed by atoms with Crippen LogP contribution in [0.2, 0.25) is 0 Å². The summed E-state index contributed by atoms with van der Waals surface area (Å²) >= 11 is 0. The van der Waals surface area contributed by atoms with Crippen molar-refractivity contribution >= 4 is 0 Å². The lowest BCUT2D eigenvalue weighted by atomic mass is 9.98. The van der Waals surface area contributed by atoms with Crippen LogP contribution in [0.4, 0.5) is 0 Å². The maximum absolute atomic E-state index is 5.78. The lowest BCUT2D eigenvalue weighted by Gasteiger charge is -2.35. The van der Waals surface area contributed by atoms with Crippen LogP contribution < -0.4 is 5.32 Å². The first kappa shape index (κ1) is 13.6. The number of furan rings is 1. The highest BCUT2D eigenvalue weighted by atomic mass is 16.3. The molecule has 0 saturated carbocycles. The van der Waals surface area contributed by atoms with Gasteiger partial charge in [-0.25, -0.2) is 0 Å². The molecule has 1 saturated heterocycles. The molecule has 102 valence electrons. The van der Waals surface area contributed by atoms with Crippen molar-refractivity contribution in [3.63, 3.8) is 0 Å². The summed E-state index contributed by atoms with van der Waals surface area (Å²) < 4.78 is 5.78. The van der Waals surface area contributed by atoms with Gasteiger partial charge < -0.3 is 9.73 Å². The summed E-state index contributed by atoms with van der Waals surface area (Å²) in [6, 6.07) is 4.53. The van der Waals surface area contributed by atoms with Gasteiger partial charge in [0.1, 0.15) is 11.5 Å². The first-order chi connectivity index (χ1) is 8.54. The van der Waals surface area contributed by atoms with Crippen LogP contribution in [0.1, 0.15) is 51.2 Å². The van der Waals surface area contributed by atoms with E-state index in [1.165, 1.54) is 6.42 Å². The molecular formula is C15H26N2O. The first-order valence-electron chi connectivity index (χ1n) is 7.09. The van der Waals surface area contributed by atoms with Gasteiger partial charge in [-0.3, -0.25) is 4.90 Å². The molecule has 3 heteroatoms. The Bertz CT molecular complexity index is 388. The van der Waals surface area contributed by atoms with Crippen molar-refractivity contribution in [1.29, 1.82) is 0 Å². The van der Waals surface area contributed by atoms with Crippen molar-refractivity contribution in [2.75, 3.05) is 19.6 Å². The minimum atomic E-state index is 0.229. The second-order valence-electron chi connectivity index (χ2n) is 5.79. The van der Waals surface area contributed by atoms with Crippen molar-refractivity contribution in [3.05, 3.63) is 23.7 Å². The molecule has 0 amide bonds. The standard InChI is InChI=1S/C15H26N2O/c1-5-15(4)11-17(10-6-9-16-15)13(3)14-8-7-12(2)18-14/h7-8,13,16H,5-6,9-11H2,1-4H3. The van der Waals surface area contributed by atoms with E-state index in [2.05, 4.69) is 43.1 Å². The molecule has 2 heterocycles. The number of nitrogens with one attached hydrogen (secondary N) is 1. The minimum Gasteiger partial charge on any atom is -0.465 e. The predicted octanol–water partition coefficient (Wildman–Crippen LogP) is 3.11. The number of rotatable bonds is 3. The second-order valence-corrected chi connectivity index (χ2v) is 5.79. The Morgan fingerprint density at radius 3 is 2.89 bits per heavy atom. The third-order valence-corrected chi connectivity index (χ3v) is 4.23. The van der Waals surface area contributed by atoms with Crippen LogP contribution in [0, 0.1) is 6.92 Å². The zero-order valence-electron chi connectivity index (χ0n) is 12.1. The summed E-state index contributed by atoms with van der Waals surface area (Å²) in [6.07, 6.45) is 2.37. The fourth-order valence-corrected chi connectivity index (χ4v) is 2.68. The molecule has 1 aromatic rings. The molecule has 2 unspecified atom stereocenters. The molecule has 0 bridgehead atoms. The molecule has 1 N–H and O–H groups in total. The minimum absolute atomic E-state index is 0.229. The van der Waals surface area contributed by atoms with Gasteiger partial charge in [0.25, 0.3) is 0 Å². The van der Waals surface area contributed by atoms with Crippen molar-refractivity contribution in [3.8, 4) is 0 Å². The topological polar surface area (TPSA) is 28.4 Å². The van der Waals surface area contributed by atoms with Crippen LogP contribution in [0.15, 0.2) is 16.5 Å². The van der Waals surface area contributed by atoms with Gasteiger partial charge in [-0.05, 0) is 52.3 Å². The molecule has 0 aliphatic carbocycles. The first-order valence-corrected chi connectivity index (χ1v) is 7.09. The van der Waals surface area contributed by atoms with Crippen LogP contribution in [0.25, 0.3) is 0 Å². The summed E-state index contributed by atoms with van der Waals surface area (Å²) in [5.74, 6) is 2.09. The van der Waals surface area contributed by atoms with Crippen LogP contribution in [-0.4, -0.2) is 30.1 Å². The van der Waals surface area contributed by atoms with Gasteiger partial charge in [0.15, 0.2) is 0 Å². The van der Waals surface area contributed by atoms with E-state index in [1.54, 1.807) is 0 Å². The third kappa shape index (κ3) is 2.96. The van der Waals surface area contributed by atoms with Crippen LogP contribution >= 0.6 is 0 Å². The van der Waals surface area contributed by atoms with Gasteiger partial charge in [0.2, 0.25) is 0 Å². The summed E-state index contributed by atoms with van der Waals surface area (Å²) in [7, 11) is 0. The molecule has 0 aromatic carbocycles. The molecule has 18 heavy (non-hydrogen) atoms. The van der Waals surface area contributed by atoms with E-state index < -0.39 is 0 Å². The molecular weight excluding hydrogens is 224 g/mol. The third-order valence-electron chi connectivity index (χ3n) is 4.23. The van der Waals surface area contributed by atoms with E-state index >= 15 is 0 Å². The lowest BCUT2D eigenvalue weighted by molar-refractivity contribution is 0.153. The van der Waals surface area contributed by atoms with Crippen LogP contribution in [-0.2, 0) is 0 Å². The summed E-state index contributed by atoms with van der Waals surface area (Å²) in [4.78, 5) is 2.54. The SMILES string of the molecule is CCC1(C)CN(C(C)c2ccc(C)o2)CCCN1. The Balaban J connectivity index is 2.11. The molecule has 2 rings (SSSR count). The summed E-state index contributed by atoms with van der Waals surface area (Å²) in [6.45, 7) is 12.2. The van der Waals surface area contributed by atoms with Crippen molar-refractivity contribution in [2.24, 2.45) is 0 Å². The Kier molecular flexibility index (Phi) is 4.13. The van der Waals surface area contributed by atoms with Gasteiger partial charge in [0.05, 0.1) is 6.04 Å². The average Bonchev–Trinajstić information content (AvgIpc) is 2.68. The van der Waals surface area contributed by atoms with E-state index in [0.717, 1.165) is 37.6 Å². The Hall–Kier alpha value is -0.800. The largest absolute Gasteiger partial charge is 0.465 e. The average molecular weight is 250 g/mol. The van der Waals surface area contributed by atoms with E-state index in [1.807, 2.05) is 6.92 Å². The molecule has 3 nitrogen and oxygen atoms in total. The van der Waals surface area contributed by atoms with Crippen molar-refractivity contribution < 1.29 is 4.42 Å². The highest BCUT2D eigenvalue weighted by Crippen LogP contribution is 2.26. The zero-order chi connectivity index (χ0) is 13.2. The summed E-state index contributed by atoms with van der Waals surface area (Å²) in [5.41, 5.74) is 0.229. The van der Waals surface area contributed by atoms with Crippen LogP contribution in [0.5, 0.6) is 0 Å². The van der Waals surface area contributed by atoms with E-state index in [0.29, 0.717) is 6.04 Å². The van der Waals surface area contributed by atoms with Gasteiger partial charge in [0, 0.05) is 18.6 Å². The maximum atomic E-state index is 5.78. The fraction of sp³-hybridized carbons (Fsp3) is 0.733. The Morgan fingerprint density at radius 2 is 2.28 bits per heavy atom. The van der Waals surface area contributed by atoms with Gasteiger partial charge in [-0.15, -0.1) is 0 Å². The van der Waals surface area contributed by atoms with E-state index in [9.17, 15) is 0 Å². The highest BCUT2D eigenvalue weighted by Gasteiger charge is 2.30. The molecule has 0 spiro atoms. The van der Waals surface area contributed by atoms with Crippen molar-refractivity contribution in [1.82, 2.24) is 10.2 Å². The van der Waals surface area contributed by atoms with Gasteiger partial charge >= 0.3 is 0 Å². The normalized spacial score (nSPS) is 28.0. The molecule has 0 radical (unpaired) electrons. The van der Waals surface area contributed by atoms with Gasteiger partial charge in [-0.1, -0.05) is 6.92 Å². The monoisotopic (exact) mass is 250 g/mol. The smallest absolute Gasteiger partial charge is 0.121 e. The quantitative estimate of drug-likeness (QED) is 0.893. The lowest BCUT2D eigenvalue weighted by Crippen LogP contribution is -2.48. The second kappa shape index (κ2) is 5.45. The number of nitrogens with zero attached hydrogens (tertiary/aromatic N) is 1. The summed E-state index contributed by atoms with van der Waals surface area (Å²) in [5, 5.41) is 3.68. The number of aryl methyl sites for hydroxylation is 1. The zero-order valence-corrected chi connectivity index (χ0v) is 12.1. The van der Waals surface area contributed by atoms with Crippen LogP contribution in [0.3, 0.4) is 0 Å². The predicted molar refractivity (Wildman–Crippen MR) is 74.7 cm³/mol. The molecule has 1 fully saturated rings.